The lowest BCUT2D eigenvalue weighted by atomic mass is 9.82. The molecule has 2 nitrogen and oxygen atoms in total. The van der Waals surface area contributed by atoms with Crippen LogP contribution in [0.5, 0.6) is 0 Å². The van der Waals surface area contributed by atoms with Crippen LogP contribution in [0.4, 0.5) is 0 Å². The van der Waals surface area contributed by atoms with E-state index in [1.54, 1.807) is 6.33 Å². The first-order chi connectivity index (χ1) is 16.4. The van der Waals surface area contributed by atoms with Gasteiger partial charge >= 0.3 is 0 Å². The van der Waals surface area contributed by atoms with Gasteiger partial charge in [0.25, 0.3) is 0 Å². The average Bonchev–Trinajstić information content (AvgIpc) is 3.23. The molecule has 0 atom stereocenters. The molecule has 0 N–H and O–H groups in total. The second-order valence-corrected chi connectivity index (χ2v) is 18.9. The van der Waals surface area contributed by atoms with E-state index in [4.69, 9.17) is 9.97 Å². The van der Waals surface area contributed by atoms with Gasteiger partial charge < -0.3 is 0 Å². The van der Waals surface area contributed by atoms with Crippen LogP contribution in [0.1, 0.15) is 50.8 Å². The fourth-order valence-corrected chi connectivity index (χ4v) is 9.73. The lowest BCUT2D eigenvalue weighted by Gasteiger charge is -2.22. The first kappa shape index (κ1) is 22.9. The van der Waals surface area contributed by atoms with Gasteiger partial charge in [-0.2, -0.15) is 0 Å². The van der Waals surface area contributed by atoms with Gasteiger partial charge in [-0.05, 0) is 52.1 Å². The third-order valence-electron chi connectivity index (χ3n) is 7.90. The summed E-state index contributed by atoms with van der Waals surface area (Å²) in [5.41, 5.74) is 8.05. The van der Waals surface area contributed by atoms with Crippen LogP contribution < -0.4 is 5.19 Å². The van der Waals surface area contributed by atoms with Crippen molar-refractivity contribution in [3.05, 3.63) is 65.5 Å². The summed E-state index contributed by atoms with van der Waals surface area (Å²) >= 11 is 1.90. The molecular formula is C31H34N2SSi. The summed E-state index contributed by atoms with van der Waals surface area (Å²) in [4.78, 5) is 9.72. The molecule has 178 valence electrons. The molecule has 0 bridgehead atoms. The van der Waals surface area contributed by atoms with Crippen molar-refractivity contribution in [2.45, 2.75) is 71.5 Å². The highest BCUT2D eigenvalue weighted by atomic mass is 32.1. The summed E-state index contributed by atoms with van der Waals surface area (Å²) in [7, 11) is -1.57. The zero-order valence-corrected chi connectivity index (χ0v) is 23.9. The Morgan fingerprint density at radius 2 is 1.57 bits per heavy atom. The van der Waals surface area contributed by atoms with Crippen molar-refractivity contribution in [2.24, 2.45) is 0 Å². The van der Waals surface area contributed by atoms with Crippen molar-refractivity contribution < 1.29 is 0 Å². The Labute approximate surface area is 213 Å². The van der Waals surface area contributed by atoms with Crippen molar-refractivity contribution in [2.75, 3.05) is 0 Å². The fourth-order valence-electron chi connectivity index (χ4n) is 6.62. The Hall–Kier alpha value is -2.56. The standard InChI is InChI=1S/C31H34N2SSi/c1-18-9-10-21-19(13-18)14-20(15-24(21)35(6,7)8)26-29-27(33-17-32-26)22-11-12-23-25(28(22)34-29)31(4,5)16-30(23,2)3/h9-15,17H,16H2,1-8H3. The molecular weight excluding hydrogens is 461 g/mol. The molecule has 0 amide bonds. The van der Waals surface area contributed by atoms with Crippen LogP contribution in [0, 0.1) is 6.92 Å². The topological polar surface area (TPSA) is 25.8 Å². The molecule has 0 saturated carbocycles. The quantitative estimate of drug-likeness (QED) is 0.230. The third kappa shape index (κ3) is 3.41. The molecule has 35 heavy (non-hydrogen) atoms. The molecule has 1 aliphatic carbocycles. The number of nitrogens with zero attached hydrogens (tertiary/aromatic N) is 2. The van der Waals surface area contributed by atoms with Gasteiger partial charge in [-0.1, -0.05) is 94.5 Å². The van der Waals surface area contributed by atoms with E-state index in [-0.39, 0.29) is 10.8 Å². The molecule has 4 heteroatoms. The summed E-state index contributed by atoms with van der Waals surface area (Å²) in [6.07, 6.45) is 2.94. The molecule has 1 aliphatic rings. The second kappa shape index (κ2) is 7.24. The van der Waals surface area contributed by atoms with Gasteiger partial charge in [0.1, 0.15) is 6.33 Å². The molecule has 0 radical (unpaired) electrons. The van der Waals surface area contributed by atoms with E-state index in [0.717, 1.165) is 11.2 Å². The molecule has 6 rings (SSSR count). The summed E-state index contributed by atoms with van der Waals surface area (Å²) in [5, 5.41) is 5.49. The van der Waals surface area contributed by atoms with Crippen molar-refractivity contribution in [3.8, 4) is 11.3 Å². The van der Waals surface area contributed by atoms with E-state index in [1.807, 2.05) is 11.3 Å². The van der Waals surface area contributed by atoms with Gasteiger partial charge in [-0.3, -0.25) is 0 Å². The Kier molecular flexibility index (Phi) is 4.73. The predicted molar refractivity (Wildman–Crippen MR) is 156 cm³/mol. The van der Waals surface area contributed by atoms with Crippen molar-refractivity contribution in [1.82, 2.24) is 9.97 Å². The van der Waals surface area contributed by atoms with Gasteiger partial charge in [-0.15, -0.1) is 11.3 Å². The minimum atomic E-state index is -1.57. The van der Waals surface area contributed by atoms with Crippen LogP contribution in [0.3, 0.4) is 0 Å². The third-order valence-corrected chi connectivity index (χ3v) is 11.1. The highest BCUT2D eigenvalue weighted by molar-refractivity contribution is 7.26. The first-order valence-electron chi connectivity index (χ1n) is 12.6. The van der Waals surface area contributed by atoms with Gasteiger partial charge in [-0.25, -0.2) is 9.97 Å². The molecule has 2 aromatic heterocycles. The maximum absolute atomic E-state index is 4.90. The zero-order valence-electron chi connectivity index (χ0n) is 22.1. The lowest BCUT2D eigenvalue weighted by Crippen LogP contribution is -2.38. The number of hydrogen-bond acceptors (Lipinski definition) is 3. The number of hydrogen-bond donors (Lipinski definition) is 0. The Morgan fingerprint density at radius 3 is 2.31 bits per heavy atom. The second-order valence-electron chi connectivity index (χ2n) is 12.8. The fraction of sp³-hybridized carbons (Fsp3) is 0.355. The highest BCUT2D eigenvalue weighted by Gasteiger charge is 2.43. The van der Waals surface area contributed by atoms with Crippen molar-refractivity contribution in [1.29, 1.82) is 0 Å². The average molecular weight is 495 g/mol. The minimum Gasteiger partial charge on any atom is -0.235 e. The van der Waals surface area contributed by atoms with Crippen molar-refractivity contribution in [3.63, 3.8) is 0 Å². The number of rotatable bonds is 2. The van der Waals surface area contributed by atoms with Gasteiger partial charge in [0.15, 0.2) is 0 Å². The van der Waals surface area contributed by atoms with E-state index in [2.05, 4.69) is 96.7 Å². The van der Waals surface area contributed by atoms with E-state index in [0.29, 0.717) is 0 Å². The molecule has 2 heterocycles. The molecule has 0 aliphatic heterocycles. The number of thiophene rings is 1. The molecule has 5 aromatic rings. The number of benzene rings is 3. The molecule has 0 unspecified atom stereocenters. The van der Waals surface area contributed by atoms with E-state index < -0.39 is 8.07 Å². The van der Waals surface area contributed by atoms with E-state index in [9.17, 15) is 0 Å². The van der Waals surface area contributed by atoms with E-state index in [1.165, 1.54) is 59.4 Å². The zero-order chi connectivity index (χ0) is 24.9. The van der Waals surface area contributed by atoms with Crippen LogP contribution in [-0.4, -0.2) is 18.0 Å². The lowest BCUT2D eigenvalue weighted by molar-refractivity contribution is 0.404. The van der Waals surface area contributed by atoms with Crippen LogP contribution in [0.2, 0.25) is 19.6 Å². The van der Waals surface area contributed by atoms with Gasteiger partial charge in [0.2, 0.25) is 0 Å². The number of aromatic nitrogens is 2. The normalized spacial score (nSPS) is 16.9. The minimum absolute atomic E-state index is 0.151. The Morgan fingerprint density at radius 1 is 0.829 bits per heavy atom. The summed E-state index contributed by atoms with van der Waals surface area (Å²) < 4.78 is 2.61. The molecule has 0 saturated heterocycles. The largest absolute Gasteiger partial charge is 0.235 e. The smallest absolute Gasteiger partial charge is 0.116 e. The van der Waals surface area contributed by atoms with Gasteiger partial charge in [0.05, 0.1) is 24.0 Å². The van der Waals surface area contributed by atoms with Crippen LogP contribution in [-0.2, 0) is 10.8 Å². The van der Waals surface area contributed by atoms with Crippen LogP contribution in [0.25, 0.3) is 42.3 Å². The van der Waals surface area contributed by atoms with E-state index >= 15 is 0 Å². The number of aryl methyl sites for hydroxylation is 1. The summed E-state index contributed by atoms with van der Waals surface area (Å²) in [5.74, 6) is 0. The SMILES string of the molecule is Cc1ccc2c([Si](C)(C)C)cc(-c3ncnc4c3sc3c5c(ccc34)C(C)(C)CC5(C)C)cc2c1. The predicted octanol–water partition coefficient (Wildman–Crippen LogP) is 8.48. The molecule has 3 aromatic carbocycles. The maximum Gasteiger partial charge on any atom is 0.116 e. The molecule has 0 fully saturated rings. The molecule has 0 spiro atoms. The Balaban J connectivity index is 1.68. The van der Waals surface area contributed by atoms with Gasteiger partial charge in [0, 0.05) is 15.6 Å². The summed E-state index contributed by atoms with van der Waals surface area (Å²) in [6, 6.07) is 16.3. The summed E-state index contributed by atoms with van der Waals surface area (Å²) in [6.45, 7) is 19.1. The van der Waals surface area contributed by atoms with Crippen LogP contribution in [0.15, 0.2) is 48.8 Å². The highest BCUT2D eigenvalue weighted by Crippen LogP contribution is 2.54. The first-order valence-corrected chi connectivity index (χ1v) is 16.9. The van der Waals surface area contributed by atoms with Crippen LogP contribution >= 0.6 is 11.3 Å². The monoisotopic (exact) mass is 494 g/mol. The van der Waals surface area contributed by atoms with Crippen molar-refractivity contribution >= 4 is 55.7 Å². The maximum atomic E-state index is 4.90. The Bertz CT molecular complexity index is 1670. The number of fused-ring (bicyclic) bond motifs is 6.